The summed E-state index contributed by atoms with van der Waals surface area (Å²) in [6.45, 7) is 11.9. The van der Waals surface area contributed by atoms with E-state index in [0.29, 0.717) is 77.6 Å². The average molecular weight is 1180 g/mol. The number of aliphatic carboxylic acids is 1. The minimum atomic E-state index is -5.36. The summed E-state index contributed by atoms with van der Waals surface area (Å²) >= 11 is 0. The number of nitrogens with one attached hydrogen (secondary N) is 4. The largest absolute Gasteiger partial charge is 0.490 e. The number of ether oxygens (including phenoxy) is 3. The Bertz CT molecular complexity index is 2440. The van der Waals surface area contributed by atoms with Gasteiger partial charge in [0.05, 0.1) is 43.2 Å². The van der Waals surface area contributed by atoms with E-state index in [-0.39, 0.29) is 55.9 Å². The van der Waals surface area contributed by atoms with E-state index in [4.69, 9.17) is 29.9 Å². The number of methoxy groups -OCH3 is 2. The maximum absolute atomic E-state index is 14.7. The Balaban J connectivity index is 1.47. The summed E-state index contributed by atoms with van der Waals surface area (Å²) in [7, 11) is 6.09. The van der Waals surface area contributed by atoms with Gasteiger partial charge in [-0.15, -0.1) is 0 Å². The minimum Gasteiger partial charge on any atom is -0.480 e. The van der Waals surface area contributed by atoms with Crippen molar-refractivity contribution < 1.29 is 75.7 Å². The molecule has 0 spiro atoms. The molecule has 25 heteroatoms. The molecule has 0 saturated carbocycles. The number of likely N-dealkylation sites (N-methyl/N-ethyl adjacent to an activating group) is 2. The number of unbranched alkanes of at least 4 members (excludes halogenated alkanes) is 3. The fourth-order valence-corrected chi connectivity index (χ4v) is 11.5. The molecule has 4 rings (SSSR count). The number of rotatable bonds is 34. The van der Waals surface area contributed by atoms with Crippen LogP contribution in [0.5, 0.6) is 0 Å². The van der Waals surface area contributed by atoms with Crippen LogP contribution >= 0.6 is 0 Å². The van der Waals surface area contributed by atoms with Crippen molar-refractivity contribution in [2.75, 3.05) is 61.1 Å². The molecule has 2 aliphatic heterocycles. The van der Waals surface area contributed by atoms with Crippen LogP contribution < -0.4 is 21.7 Å². The van der Waals surface area contributed by atoms with Crippen molar-refractivity contribution in [2.45, 2.75) is 192 Å². The highest BCUT2D eigenvalue weighted by molar-refractivity contribution is 6.00. The van der Waals surface area contributed by atoms with Crippen LogP contribution in [0, 0.1) is 17.8 Å². The van der Waals surface area contributed by atoms with Crippen LogP contribution in [0.25, 0.3) is 10.9 Å². The normalized spacial score (nSPS) is 18.6. The lowest BCUT2D eigenvalue weighted by atomic mass is 9.87. The maximum Gasteiger partial charge on any atom is 0.490 e. The first-order chi connectivity index (χ1) is 39.3. The smallest absolute Gasteiger partial charge is 0.480 e. The molecule has 0 aliphatic carbocycles. The van der Waals surface area contributed by atoms with Crippen LogP contribution in [0.1, 0.15) is 131 Å². The summed E-state index contributed by atoms with van der Waals surface area (Å²) in [5, 5.41) is 19.4. The molecule has 11 atom stereocenters. The Morgan fingerprint density at radius 2 is 1.59 bits per heavy atom. The van der Waals surface area contributed by atoms with E-state index in [1.54, 1.807) is 37.6 Å². The van der Waals surface area contributed by atoms with E-state index in [1.807, 2.05) is 44.3 Å². The fourth-order valence-electron chi connectivity index (χ4n) is 11.5. The van der Waals surface area contributed by atoms with Gasteiger partial charge in [0.15, 0.2) is 0 Å². The van der Waals surface area contributed by atoms with E-state index < -0.39 is 102 Å². The highest BCUT2D eigenvalue weighted by Gasteiger charge is 2.47. The molecule has 6 amide bonds. The highest BCUT2D eigenvalue weighted by Crippen LogP contribution is 2.31. The third kappa shape index (κ3) is 20.2. The second-order valence-electron chi connectivity index (χ2n) is 22.6. The third-order valence-corrected chi connectivity index (χ3v) is 16.2. The van der Waals surface area contributed by atoms with Crippen molar-refractivity contribution in [2.24, 2.45) is 23.5 Å². The quantitative estimate of drug-likeness (QED) is 0.0403. The number of hydroxylamine groups is 2. The number of esters is 1. The molecule has 1 aromatic heterocycles. The lowest BCUT2D eigenvalue weighted by molar-refractivity contribution is -0.206. The summed E-state index contributed by atoms with van der Waals surface area (Å²) in [6, 6.07) is 1.99. The molecule has 83 heavy (non-hydrogen) atoms. The number of para-hydroxylation sites is 1. The number of aromatic nitrogens is 1. The lowest BCUT2D eigenvalue weighted by Gasteiger charge is -2.43. The van der Waals surface area contributed by atoms with Gasteiger partial charge in [0.25, 0.3) is 5.91 Å². The number of carboxylic acids is 1. The van der Waals surface area contributed by atoms with Crippen molar-refractivity contribution in [1.82, 2.24) is 40.7 Å². The number of likely N-dealkylation sites (tertiary alicyclic amines) is 1. The summed E-state index contributed by atoms with van der Waals surface area (Å²) in [5.41, 5.74) is 7.25. The first-order valence-corrected chi connectivity index (χ1v) is 29.2. The first-order valence-electron chi connectivity index (χ1n) is 29.2. The summed E-state index contributed by atoms with van der Waals surface area (Å²) in [6.07, 6.45) is -0.671. The van der Waals surface area contributed by atoms with Gasteiger partial charge in [0, 0.05) is 69.8 Å². The molecule has 2 fully saturated rings. The van der Waals surface area contributed by atoms with Gasteiger partial charge >= 0.3 is 18.1 Å². The molecule has 3 heterocycles. The summed E-state index contributed by atoms with van der Waals surface area (Å²) in [5.74, 6) is -8.21. The zero-order chi connectivity index (χ0) is 61.7. The number of nitrogens with two attached hydrogens (primary N) is 1. The Hall–Kier alpha value is -5.73. The van der Waals surface area contributed by atoms with Crippen LogP contribution in [0.3, 0.4) is 0 Å². The number of fused-ring (bicyclic) bond motifs is 1. The molecule has 0 unspecified atom stereocenters. The fraction of sp³-hybridized carbons (Fsp3) is 0.724. The SMILES string of the molecule is CC[C@H](C)[C@@H]([C@@H](CC(=O)N1CCC[C@H]1[C@H](OC)[C@@H](C)C(=O)N[C@@H](Cc1c[nH]c2ccccc12)C(=O)N1CCCCO1)OC)N(C)[C@H](C(=O)NC(=O)[C@H]([C@@H](C)OC(=O)C(F)(F)F)N(C)CCCCCC(=O)NCCCC[C@H](N)C(=O)O)C(C)C. The van der Waals surface area contributed by atoms with Gasteiger partial charge in [-0.05, 0) is 109 Å². The number of imide groups is 1. The predicted octanol–water partition coefficient (Wildman–Crippen LogP) is 4.86. The molecule has 7 N–H and O–H groups in total. The number of halogens is 3. The number of carboxylic acid groups (broad SMARTS) is 1. The summed E-state index contributed by atoms with van der Waals surface area (Å²) in [4.78, 5) is 121. The minimum absolute atomic E-state index is 0.108. The zero-order valence-corrected chi connectivity index (χ0v) is 50.1. The van der Waals surface area contributed by atoms with Crippen LogP contribution in [-0.2, 0) is 63.8 Å². The van der Waals surface area contributed by atoms with Gasteiger partial charge in [-0.2, -0.15) is 13.2 Å². The van der Waals surface area contributed by atoms with Crippen LogP contribution in [0.15, 0.2) is 30.5 Å². The Labute approximate surface area is 486 Å². The number of aromatic amines is 1. The number of alkyl halides is 3. The highest BCUT2D eigenvalue weighted by atomic mass is 19.4. The number of benzene rings is 1. The second kappa shape index (κ2) is 33.7. The van der Waals surface area contributed by atoms with Crippen molar-refractivity contribution in [3.63, 3.8) is 0 Å². The molecular formula is C58H92F3N9O13. The molecule has 0 bridgehead atoms. The predicted molar refractivity (Wildman–Crippen MR) is 303 cm³/mol. The van der Waals surface area contributed by atoms with E-state index in [2.05, 4.69) is 20.9 Å². The Kier molecular flexibility index (Phi) is 28.3. The molecule has 1 aromatic carbocycles. The second-order valence-corrected chi connectivity index (χ2v) is 22.6. The van der Waals surface area contributed by atoms with E-state index >= 15 is 0 Å². The van der Waals surface area contributed by atoms with Gasteiger partial charge in [-0.1, -0.05) is 65.7 Å². The number of carbonyl (C=O) groups excluding carboxylic acids is 7. The molecule has 2 aliphatic rings. The van der Waals surface area contributed by atoms with Gasteiger partial charge in [-0.3, -0.25) is 53.5 Å². The number of hydrogen-bond donors (Lipinski definition) is 6. The summed E-state index contributed by atoms with van der Waals surface area (Å²) < 4.78 is 57.4. The Morgan fingerprint density at radius 1 is 0.892 bits per heavy atom. The average Bonchev–Trinajstić information content (AvgIpc) is 4.20. The van der Waals surface area contributed by atoms with Gasteiger partial charge in [-0.25, -0.2) is 9.86 Å². The molecular weight excluding hydrogens is 1090 g/mol. The third-order valence-electron chi connectivity index (χ3n) is 16.2. The molecule has 468 valence electrons. The zero-order valence-electron chi connectivity index (χ0n) is 50.1. The van der Waals surface area contributed by atoms with Crippen LogP contribution in [0.4, 0.5) is 13.2 Å². The number of amides is 6. The van der Waals surface area contributed by atoms with Crippen molar-refractivity contribution >= 4 is 58.3 Å². The van der Waals surface area contributed by atoms with Crippen LogP contribution in [-0.4, -0.2) is 199 Å². The van der Waals surface area contributed by atoms with E-state index in [9.17, 15) is 51.5 Å². The van der Waals surface area contributed by atoms with Crippen molar-refractivity contribution in [3.8, 4) is 0 Å². The number of hydrogen-bond acceptors (Lipinski definition) is 15. The van der Waals surface area contributed by atoms with Gasteiger partial charge in [0.2, 0.25) is 29.5 Å². The lowest BCUT2D eigenvalue weighted by Crippen LogP contribution is -2.61. The van der Waals surface area contributed by atoms with E-state index in [1.165, 1.54) is 31.2 Å². The van der Waals surface area contributed by atoms with Gasteiger partial charge in [0.1, 0.15) is 24.2 Å². The molecule has 2 aromatic rings. The van der Waals surface area contributed by atoms with Crippen LogP contribution in [0.2, 0.25) is 0 Å². The first kappa shape index (κ1) is 69.8. The monoisotopic (exact) mass is 1180 g/mol. The van der Waals surface area contributed by atoms with Gasteiger partial charge < -0.3 is 45.6 Å². The number of nitrogens with zero attached hydrogens (tertiary/aromatic N) is 4. The number of carbonyl (C=O) groups is 8. The van der Waals surface area contributed by atoms with Crippen molar-refractivity contribution in [1.29, 1.82) is 0 Å². The molecule has 2 saturated heterocycles. The standard InChI is InChI=1S/C58H92F3N9O13/c1-11-36(4)49(68(8)48(35(2)3)53(74)66-54(75)50(38(6)83-57(79)58(59,60)61)67(7)28-18-12-13-26-46(71)63-27-17-16-23-41(62)56(77)78)45(80-9)33-47(72)69-29-21-25-44(69)51(81-10)37(5)52(73)65-43(55(76)70-30-19-20-31-82-70)32-39-34-64-42-24-15-14-22-40(39)42/h14-15,22,24,34-38,41,43-45,48-51,64H,11-13,16-21,23,25-33,62H2,1-10H3,(H,63,71)(H,65,73)(H,77,78)(H,66,74,75)/t36-,37+,38+,41-,43-,44-,45+,48-,49-,50-,51+/m0/s1. The maximum atomic E-state index is 14.7. The topological polar surface area (TPSA) is 285 Å². The number of H-pyrrole nitrogens is 1. The Morgan fingerprint density at radius 3 is 2.22 bits per heavy atom. The molecule has 22 nitrogen and oxygen atoms in total. The van der Waals surface area contributed by atoms with Crippen molar-refractivity contribution in [3.05, 3.63) is 36.0 Å². The molecule has 0 radical (unpaired) electrons. The van der Waals surface area contributed by atoms with E-state index in [0.717, 1.165) is 36.2 Å².